The molecule has 0 unspecified atom stereocenters. The molecule has 1 amide bonds. The van der Waals surface area contributed by atoms with E-state index in [0.717, 1.165) is 40.1 Å². The van der Waals surface area contributed by atoms with Crippen molar-refractivity contribution < 1.29 is 9.53 Å². The normalized spacial score (nSPS) is 11.0. The predicted molar refractivity (Wildman–Crippen MR) is 122 cm³/mol. The molecule has 6 nitrogen and oxygen atoms in total. The summed E-state index contributed by atoms with van der Waals surface area (Å²) in [6.45, 7) is 9.72. The summed E-state index contributed by atoms with van der Waals surface area (Å²) in [7, 11) is 0. The van der Waals surface area contributed by atoms with Gasteiger partial charge in [-0.1, -0.05) is 43.3 Å². The Labute approximate surface area is 182 Å². The van der Waals surface area contributed by atoms with E-state index in [-0.39, 0.29) is 11.7 Å². The van der Waals surface area contributed by atoms with E-state index in [0.29, 0.717) is 12.5 Å². The molecule has 3 aromatic rings. The lowest BCUT2D eigenvalue weighted by atomic mass is 10.2. The zero-order valence-corrected chi connectivity index (χ0v) is 18.7. The first kappa shape index (κ1) is 21.9. The molecule has 0 saturated heterocycles. The van der Waals surface area contributed by atoms with E-state index in [1.54, 1.807) is 0 Å². The lowest BCUT2D eigenvalue weighted by Gasteiger charge is -2.10. The van der Waals surface area contributed by atoms with E-state index in [4.69, 9.17) is 4.74 Å². The zero-order chi connectivity index (χ0) is 21.5. The van der Waals surface area contributed by atoms with Gasteiger partial charge in [0, 0.05) is 17.8 Å². The maximum atomic E-state index is 12.3. The summed E-state index contributed by atoms with van der Waals surface area (Å²) in [4.78, 5) is 12.3. The van der Waals surface area contributed by atoms with Gasteiger partial charge in [0.25, 0.3) is 0 Å². The van der Waals surface area contributed by atoms with E-state index in [2.05, 4.69) is 29.4 Å². The fourth-order valence-corrected chi connectivity index (χ4v) is 3.62. The average Bonchev–Trinajstić information content (AvgIpc) is 3.15. The number of carbonyl (C=O) groups excluding carboxylic acids is 1. The Hall–Kier alpha value is -2.80. The number of ether oxygens (including phenoxy) is 1. The van der Waals surface area contributed by atoms with E-state index < -0.39 is 0 Å². The van der Waals surface area contributed by atoms with Crippen molar-refractivity contribution in [2.24, 2.45) is 5.92 Å². The molecular weight excluding hydrogens is 396 g/mol. The van der Waals surface area contributed by atoms with Crippen molar-refractivity contribution in [1.29, 1.82) is 0 Å². The first-order valence-electron chi connectivity index (χ1n) is 10.1. The molecule has 0 aliphatic heterocycles. The summed E-state index contributed by atoms with van der Waals surface area (Å²) in [5.74, 6) is 2.32. The van der Waals surface area contributed by atoms with Crippen molar-refractivity contribution in [3.05, 3.63) is 54.1 Å². The molecule has 0 fully saturated rings. The number of thioether (sulfide) groups is 1. The molecule has 1 heterocycles. The van der Waals surface area contributed by atoms with Crippen molar-refractivity contribution in [3.63, 3.8) is 0 Å². The molecule has 1 aromatic heterocycles. The van der Waals surface area contributed by atoms with Crippen LogP contribution in [0.25, 0.3) is 11.4 Å². The van der Waals surface area contributed by atoms with Crippen molar-refractivity contribution in [3.8, 4) is 17.1 Å². The van der Waals surface area contributed by atoms with Crippen LogP contribution in [0.1, 0.15) is 26.3 Å². The van der Waals surface area contributed by atoms with Crippen LogP contribution >= 0.6 is 11.8 Å². The molecule has 0 bridgehead atoms. The lowest BCUT2D eigenvalue weighted by molar-refractivity contribution is -0.113. The molecule has 0 spiro atoms. The molecule has 158 valence electrons. The van der Waals surface area contributed by atoms with Crippen molar-refractivity contribution in [2.45, 2.75) is 39.4 Å². The van der Waals surface area contributed by atoms with Crippen LogP contribution < -0.4 is 10.1 Å². The van der Waals surface area contributed by atoms with Crippen LogP contribution in [-0.2, 0) is 11.3 Å². The fraction of sp³-hybridized carbons (Fsp3) is 0.348. The van der Waals surface area contributed by atoms with Gasteiger partial charge in [-0.15, -0.1) is 10.2 Å². The number of aromatic nitrogens is 3. The highest BCUT2D eigenvalue weighted by atomic mass is 32.2. The van der Waals surface area contributed by atoms with Gasteiger partial charge in [0.05, 0.1) is 12.4 Å². The van der Waals surface area contributed by atoms with Crippen molar-refractivity contribution in [2.75, 3.05) is 17.7 Å². The third-order valence-electron chi connectivity index (χ3n) is 4.40. The predicted octanol–water partition coefficient (Wildman–Crippen LogP) is 5.04. The lowest BCUT2D eigenvalue weighted by Crippen LogP contribution is -2.14. The Morgan fingerprint density at radius 2 is 1.80 bits per heavy atom. The van der Waals surface area contributed by atoms with Crippen LogP contribution in [0.2, 0.25) is 0 Å². The highest BCUT2D eigenvalue weighted by Crippen LogP contribution is 2.26. The Morgan fingerprint density at radius 1 is 1.10 bits per heavy atom. The van der Waals surface area contributed by atoms with Gasteiger partial charge < -0.3 is 14.6 Å². The zero-order valence-electron chi connectivity index (χ0n) is 17.9. The second-order valence-electron chi connectivity index (χ2n) is 7.48. The minimum Gasteiger partial charge on any atom is -0.493 e. The molecule has 0 atom stereocenters. The summed E-state index contributed by atoms with van der Waals surface area (Å²) in [6.07, 6.45) is 0. The van der Waals surface area contributed by atoms with Crippen molar-refractivity contribution >= 4 is 23.4 Å². The summed E-state index contributed by atoms with van der Waals surface area (Å²) in [5, 5.41) is 12.3. The largest absolute Gasteiger partial charge is 0.493 e. The maximum Gasteiger partial charge on any atom is 0.234 e. The molecule has 3 rings (SSSR count). The SMILES string of the molecule is CCn1c(SCC(=O)Nc2ccc(C)cc2)nnc1-c1ccc(OCC(C)C)cc1. The summed E-state index contributed by atoms with van der Waals surface area (Å²) in [5.41, 5.74) is 2.92. The van der Waals surface area contributed by atoms with Crippen LogP contribution in [0.15, 0.2) is 53.7 Å². The summed E-state index contributed by atoms with van der Waals surface area (Å²) in [6, 6.07) is 15.6. The second kappa shape index (κ2) is 10.3. The number of nitrogens with zero attached hydrogens (tertiary/aromatic N) is 3. The minimum absolute atomic E-state index is 0.0669. The van der Waals surface area contributed by atoms with Gasteiger partial charge in [-0.05, 0) is 56.2 Å². The first-order valence-corrected chi connectivity index (χ1v) is 11.1. The molecule has 0 aliphatic rings. The quantitative estimate of drug-likeness (QED) is 0.488. The van der Waals surface area contributed by atoms with Gasteiger partial charge >= 0.3 is 0 Å². The number of carbonyl (C=O) groups is 1. The van der Waals surface area contributed by atoms with Crippen molar-refractivity contribution in [1.82, 2.24) is 14.8 Å². The van der Waals surface area contributed by atoms with Crippen LogP contribution in [-0.4, -0.2) is 33.0 Å². The third kappa shape index (κ3) is 5.86. The van der Waals surface area contributed by atoms with E-state index >= 15 is 0 Å². The number of hydrogen-bond acceptors (Lipinski definition) is 5. The smallest absolute Gasteiger partial charge is 0.234 e. The Balaban J connectivity index is 1.63. The van der Waals surface area contributed by atoms with Gasteiger partial charge in [-0.3, -0.25) is 4.79 Å². The van der Waals surface area contributed by atoms with Gasteiger partial charge in [0.2, 0.25) is 5.91 Å². The highest BCUT2D eigenvalue weighted by Gasteiger charge is 2.15. The second-order valence-corrected chi connectivity index (χ2v) is 8.43. The van der Waals surface area contributed by atoms with Crippen LogP contribution in [0.3, 0.4) is 0 Å². The summed E-state index contributed by atoms with van der Waals surface area (Å²) >= 11 is 1.38. The van der Waals surface area contributed by atoms with Crippen LogP contribution in [0, 0.1) is 12.8 Å². The Bertz CT molecular complexity index is 966. The third-order valence-corrected chi connectivity index (χ3v) is 5.36. The molecule has 0 saturated carbocycles. The standard InChI is InChI=1S/C23H28N4O2S/c1-5-27-22(18-8-12-20(13-9-18)29-14-16(2)3)25-26-23(27)30-15-21(28)24-19-10-6-17(4)7-11-19/h6-13,16H,5,14-15H2,1-4H3,(H,24,28). The van der Waals surface area contributed by atoms with Gasteiger partial charge in [0.1, 0.15) is 5.75 Å². The number of hydrogen-bond donors (Lipinski definition) is 1. The van der Waals surface area contributed by atoms with E-state index in [1.807, 2.05) is 66.9 Å². The fourth-order valence-electron chi connectivity index (χ4n) is 2.82. The van der Waals surface area contributed by atoms with Crippen LogP contribution in [0.5, 0.6) is 5.75 Å². The Kier molecular flexibility index (Phi) is 7.52. The average molecular weight is 425 g/mol. The van der Waals surface area contributed by atoms with Crippen LogP contribution in [0.4, 0.5) is 5.69 Å². The first-order chi connectivity index (χ1) is 14.5. The molecular formula is C23H28N4O2S. The van der Waals surface area contributed by atoms with Gasteiger partial charge in [-0.2, -0.15) is 0 Å². The Morgan fingerprint density at radius 3 is 2.43 bits per heavy atom. The number of aryl methyl sites for hydroxylation is 1. The van der Waals surface area contributed by atoms with Gasteiger partial charge in [-0.25, -0.2) is 0 Å². The molecule has 0 aliphatic carbocycles. The molecule has 0 radical (unpaired) electrons. The molecule has 2 aromatic carbocycles. The number of rotatable bonds is 9. The number of amides is 1. The minimum atomic E-state index is -0.0669. The number of anilines is 1. The molecule has 7 heteroatoms. The topological polar surface area (TPSA) is 69.0 Å². The van der Waals surface area contributed by atoms with E-state index in [9.17, 15) is 4.79 Å². The molecule has 30 heavy (non-hydrogen) atoms. The highest BCUT2D eigenvalue weighted by molar-refractivity contribution is 7.99. The number of nitrogens with one attached hydrogen (secondary N) is 1. The molecule has 1 N–H and O–H groups in total. The number of benzene rings is 2. The maximum absolute atomic E-state index is 12.3. The van der Waals surface area contributed by atoms with E-state index in [1.165, 1.54) is 11.8 Å². The van der Waals surface area contributed by atoms with Gasteiger partial charge in [0.15, 0.2) is 11.0 Å². The monoisotopic (exact) mass is 424 g/mol. The summed E-state index contributed by atoms with van der Waals surface area (Å²) < 4.78 is 7.77.